The van der Waals surface area contributed by atoms with Crippen LogP contribution in [0.3, 0.4) is 0 Å². The number of carbonyl (C=O) groups excluding carboxylic acids is 1. The van der Waals surface area contributed by atoms with Crippen LogP contribution in [-0.4, -0.2) is 39.4 Å². The van der Waals surface area contributed by atoms with Gasteiger partial charge in [0.25, 0.3) is 5.91 Å². The molecule has 2 aromatic heterocycles. The number of aromatic nitrogens is 2. The normalized spacial score (nSPS) is 24.4. The number of thioether (sulfide) groups is 1. The minimum absolute atomic E-state index is 0.0341. The van der Waals surface area contributed by atoms with Crippen LogP contribution in [0, 0.1) is 5.92 Å². The van der Waals surface area contributed by atoms with Crippen LogP contribution in [0.25, 0.3) is 10.2 Å². The van der Waals surface area contributed by atoms with Gasteiger partial charge in [-0.3, -0.25) is 4.79 Å². The van der Waals surface area contributed by atoms with Gasteiger partial charge in [0, 0.05) is 12.2 Å². The van der Waals surface area contributed by atoms with Gasteiger partial charge >= 0.3 is 0 Å². The van der Waals surface area contributed by atoms with E-state index >= 15 is 0 Å². The Morgan fingerprint density at radius 3 is 2.81 bits per heavy atom. The second-order valence-corrected chi connectivity index (χ2v) is 10.7. The summed E-state index contributed by atoms with van der Waals surface area (Å²) in [5, 5.41) is 13.3. The number of benzene rings is 1. The lowest BCUT2D eigenvalue weighted by Crippen LogP contribution is -2.54. The molecule has 2 N–H and O–H groups in total. The van der Waals surface area contributed by atoms with E-state index < -0.39 is 6.10 Å². The Labute approximate surface area is 195 Å². The summed E-state index contributed by atoms with van der Waals surface area (Å²) < 4.78 is 6.43. The average Bonchev–Trinajstić information content (AvgIpc) is 3.26. The van der Waals surface area contributed by atoms with E-state index in [1.165, 1.54) is 11.3 Å². The Morgan fingerprint density at radius 2 is 2.03 bits per heavy atom. The van der Waals surface area contributed by atoms with Gasteiger partial charge in [0.2, 0.25) is 0 Å². The number of anilines is 1. The molecule has 2 atom stereocenters. The summed E-state index contributed by atoms with van der Waals surface area (Å²) in [6.07, 6.45) is 4.62. The first-order valence-electron chi connectivity index (χ1n) is 10.9. The lowest BCUT2D eigenvalue weighted by Gasteiger charge is -2.37. The van der Waals surface area contributed by atoms with Crippen LogP contribution in [0.5, 0.6) is 5.75 Å². The monoisotopic (exact) mass is 470 g/mol. The Balaban J connectivity index is 1.25. The number of carbonyl (C=O) groups is 1. The van der Waals surface area contributed by atoms with Gasteiger partial charge in [0.15, 0.2) is 5.82 Å². The second-order valence-electron chi connectivity index (χ2n) is 8.30. The average molecular weight is 471 g/mol. The van der Waals surface area contributed by atoms with Crippen molar-refractivity contribution < 1.29 is 14.6 Å². The molecule has 1 aliphatic carbocycles. The van der Waals surface area contributed by atoms with Crippen LogP contribution in [-0.2, 0) is 4.79 Å². The smallest absolute Gasteiger partial charge is 0.255 e. The molecule has 9 heteroatoms. The number of ether oxygens (including phenoxy) is 1. The van der Waals surface area contributed by atoms with E-state index in [1.807, 2.05) is 37.3 Å². The molecule has 32 heavy (non-hydrogen) atoms. The van der Waals surface area contributed by atoms with Crippen molar-refractivity contribution in [3.8, 4) is 5.75 Å². The molecule has 0 radical (unpaired) electrons. The van der Waals surface area contributed by atoms with Gasteiger partial charge in [0.1, 0.15) is 22.4 Å². The van der Waals surface area contributed by atoms with Gasteiger partial charge in [-0.1, -0.05) is 6.07 Å². The van der Waals surface area contributed by atoms with Crippen molar-refractivity contribution in [1.82, 2.24) is 15.4 Å². The van der Waals surface area contributed by atoms with E-state index in [0.29, 0.717) is 5.82 Å². The Bertz CT molecular complexity index is 1130. The number of nitrogens with zero attached hydrogens (tertiary/aromatic N) is 3. The summed E-state index contributed by atoms with van der Waals surface area (Å²) in [6.45, 7) is 1.93. The Kier molecular flexibility index (Phi) is 6.07. The Hall–Kier alpha value is -2.20. The van der Waals surface area contributed by atoms with Gasteiger partial charge in [-0.25, -0.2) is 20.4 Å². The number of amides is 1. The minimum Gasteiger partial charge on any atom is -0.494 e. The summed E-state index contributed by atoms with van der Waals surface area (Å²) in [4.78, 5) is 22.9. The molecule has 0 spiro atoms. The molecule has 3 heterocycles. The van der Waals surface area contributed by atoms with Crippen molar-refractivity contribution >= 4 is 45.0 Å². The summed E-state index contributed by atoms with van der Waals surface area (Å²) in [5.74, 6) is 1.60. The molecule has 1 aromatic carbocycles. The fourth-order valence-electron chi connectivity index (χ4n) is 4.47. The third-order valence-electron chi connectivity index (χ3n) is 6.24. The number of thiazole rings is 1. The van der Waals surface area contributed by atoms with E-state index in [1.54, 1.807) is 30.1 Å². The minimum atomic E-state index is -0.589. The largest absolute Gasteiger partial charge is 0.494 e. The number of hydrogen-bond acceptors (Lipinski definition) is 8. The Morgan fingerprint density at radius 1 is 1.22 bits per heavy atom. The third-order valence-corrected chi connectivity index (χ3v) is 8.46. The van der Waals surface area contributed by atoms with E-state index in [2.05, 4.69) is 15.4 Å². The van der Waals surface area contributed by atoms with Gasteiger partial charge in [-0.15, -0.1) is 23.1 Å². The zero-order chi connectivity index (χ0) is 22.2. The summed E-state index contributed by atoms with van der Waals surface area (Å²) in [7, 11) is 1.64. The molecule has 2 aliphatic rings. The van der Waals surface area contributed by atoms with Crippen LogP contribution in [0.2, 0.25) is 0 Å². The predicted molar refractivity (Wildman–Crippen MR) is 127 cm³/mol. The summed E-state index contributed by atoms with van der Waals surface area (Å²) in [6, 6.07) is 9.92. The van der Waals surface area contributed by atoms with Crippen LogP contribution < -0.4 is 15.2 Å². The number of rotatable bonds is 5. The second kappa shape index (κ2) is 8.97. The predicted octanol–water partition coefficient (Wildman–Crippen LogP) is 4.32. The molecule has 1 amide bonds. The summed E-state index contributed by atoms with van der Waals surface area (Å²) >= 11 is 3.08. The highest BCUT2D eigenvalue weighted by molar-refractivity contribution is 8.00. The molecule has 1 aliphatic heterocycles. The fraction of sp³-hybridized carbons (Fsp3) is 0.435. The molecule has 5 rings (SSSR count). The first-order valence-corrected chi connectivity index (χ1v) is 12.6. The quantitative estimate of drug-likeness (QED) is 0.574. The van der Waals surface area contributed by atoms with Crippen molar-refractivity contribution in [1.29, 1.82) is 0 Å². The van der Waals surface area contributed by atoms with Gasteiger partial charge in [-0.05, 0) is 62.8 Å². The molecule has 7 nitrogen and oxygen atoms in total. The van der Waals surface area contributed by atoms with E-state index in [-0.39, 0.29) is 23.1 Å². The zero-order valence-electron chi connectivity index (χ0n) is 18.0. The standard InChI is InChI=1S/C23H26N4O3S2/c1-13-23(29)27(21-18(31-13)7-4-12-24-21)26-15-10-8-14(9-11-15)20(28)22-25-19-16(30-2)5-3-6-17(19)32-22/h3-7,12-15,20,26,28H,8-11H2,1-2H3. The van der Waals surface area contributed by atoms with Crippen molar-refractivity contribution in [2.75, 3.05) is 12.1 Å². The maximum absolute atomic E-state index is 12.8. The zero-order valence-corrected chi connectivity index (χ0v) is 19.7. The third kappa shape index (κ3) is 3.98. The molecule has 168 valence electrons. The highest BCUT2D eigenvalue weighted by Gasteiger charge is 2.35. The van der Waals surface area contributed by atoms with Crippen molar-refractivity contribution in [3.63, 3.8) is 0 Å². The number of para-hydroxylation sites is 1. The first kappa shape index (κ1) is 21.6. The maximum atomic E-state index is 12.8. The highest BCUT2D eigenvalue weighted by atomic mass is 32.2. The molecule has 2 unspecified atom stereocenters. The van der Waals surface area contributed by atoms with Crippen LogP contribution >= 0.6 is 23.1 Å². The van der Waals surface area contributed by atoms with Gasteiger partial charge in [-0.2, -0.15) is 0 Å². The number of aliphatic hydroxyl groups is 1. The van der Waals surface area contributed by atoms with E-state index in [0.717, 1.165) is 51.6 Å². The molecule has 0 saturated heterocycles. The van der Waals surface area contributed by atoms with Crippen molar-refractivity contribution in [2.45, 2.75) is 54.9 Å². The number of hydrogen-bond donors (Lipinski definition) is 2. The number of hydrazine groups is 1. The molecule has 0 bridgehead atoms. The number of methoxy groups -OCH3 is 1. The topological polar surface area (TPSA) is 87.6 Å². The van der Waals surface area contributed by atoms with Crippen molar-refractivity contribution in [3.05, 3.63) is 41.5 Å². The van der Waals surface area contributed by atoms with Crippen molar-refractivity contribution in [2.24, 2.45) is 5.92 Å². The molecule has 1 saturated carbocycles. The van der Waals surface area contributed by atoms with Crippen LogP contribution in [0.4, 0.5) is 5.82 Å². The fourth-order valence-corrected chi connectivity index (χ4v) is 6.53. The van der Waals surface area contributed by atoms with E-state index in [4.69, 9.17) is 4.74 Å². The van der Waals surface area contributed by atoms with Gasteiger partial charge < -0.3 is 9.84 Å². The highest BCUT2D eigenvalue weighted by Crippen LogP contribution is 2.40. The number of aliphatic hydroxyl groups excluding tert-OH is 1. The lowest BCUT2D eigenvalue weighted by molar-refractivity contribution is -0.119. The molecular weight excluding hydrogens is 444 g/mol. The molecule has 1 fully saturated rings. The number of pyridine rings is 1. The summed E-state index contributed by atoms with van der Waals surface area (Å²) in [5.41, 5.74) is 4.24. The number of fused-ring (bicyclic) bond motifs is 2. The lowest BCUT2D eigenvalue weighted by atomic mass is 9.83. The number of nitrogens with one attached hydrogen (secondary N) is 1. The molecular formula is C23H26N4O3S2. The molecule has 3 aromatic rings. The first-order chi connectivity index (χ1) is 15.5. The van der Waals surface area contributed by atoms with Crippen LogP contribution in [0.1, 0.15) is 43.7 Å². The van der Waals surface area contributed by atoms with E-state index in [9.17, 15) is 9.90 Å². The maximum Gasteiger partial charge on any atom is 0.255 e. The SMILES string of the molecule is COc1cccc2sc(C(O)C3CCC(NN4C(=O)C(C)Sc5cccnc54)CC3)nc12. The van der Waals surface area contributed by atoms with Gasteiger partial charge in [0.05, 0.1) is 22.0 Å². The van der Waals surface area contributed by atoms with Crippen LogP contribution in [0.15, 0.2) is 41.4 Å².